The van der Waals surface area contributed by atoms with Crippen molar-refractivity contribution in [3.8, 4) is 6.07 Å². The van der Waals surface area contributed by atoms with Gasteiger partial charge in [0, 0.05) is 28.4 Å². The Morgan fingerprint density at radius 1 is 1.31 bits per heavy atom. The van der Waals surface area contributed by atoms with Crippen LogP contribution >= 0.6 is 22.7 Å². The summed E-state index contributed by atoms with van der Waals surface area (Å²) in [6, 6.07) is 8.22. The minimum atomic E-state index is -0.364. The lowest BCUT2D eigenvalue weighted by Crippen LogP contribution is -2.40. The van der Waals surface area contributed by atoms with Gasteiger partial charge in [0.15, 0.2) is 0 Å². The fraction of sp³-hybridized carbons (Fsp3) is 0.318. The van der Waals surface area contributed by atoms with Gasteiger partial charge >= 0.3 is 0 Å². The molecule has 0 spiro atoms. The predicted molar refractivity (Wildman–Crippen MR) is 115 cm³/mol. The van der Waals surface area contributed by atoms with Crippen LogP contribution in [0.3, 0.4) is 0 Å². The lowest BCUT2D eigenvalue weighted by Gasteiger charge is -2.35. The molecule has 1 atom stereocenters. The number of pyridine rings is 1. The molecule has 4 rings (SSSR count). The quantitative estimate of drug-likeness (QED) is 0.686. The van der Waals surface area contributed by atoms with E-state index < -0.39 is 0 Å². The van der Waals surface area contributed by atoms with Crippen LogP contribution in [0.5, 0.6) is 0 Å². The van der Waals surface area contributed by atoms with Crippen LogP contribution in [0.1, 0.15) is 50.2 Å². The van der Waals surface area contributed by atoms with Gasteiger partial charge in [0.05, 0.1) is 6.04 Å². The van der Waals surface area contributed by atoms with E-state index in [1.807, 2.05) is 24.0 Å². The molecule has 1 N–H and O–H groups in total. The summed E-state index contributed by atoms with van der Waals surface area (Å²) in [5, 5.41) is 13.4. The number of hydrogen-bond donors (Lipinski definition) is 1. The number of hydrogen-bond acceptors (Lipinski definition) is 5. The van der Waals surface area contributed by atoms with Crippen LogP contribution in [-0.2, 0) is 17.6 Å². The Labute approximate surface area is 177 Å². The van der Waals surface area contributed by atoms with Gasteiger partial charge in [0.2, 0.25) is 5.91 Å². The zero-order chi connectivity index (χ0) is 20.5. The third kappa shape index (κ3) is 3.54. The molecular formula is C22H21N3O2S2. The lowest BCUT2D eigenvalue weighted by molar-refractivity contribution is -0.133. The summed E-state index contributed by atoms with van der Waals surface area (Å²) in [6.07, 6.45) is 1.74. The summed E-state index contributed by atoms with van der Waals surface area (Å²) in [7, 11) is 0. The zero-order valence-corrected chi connectivity index (χ0v) is 18.0. The monoisotopic (exact) mass is 423 g/mol. The maximum absolute atomic E-state index is 13.2. The van der Waals surface area contributed by atoms with Crippen molar-refractivity contribution < 1.29 is 4.79 Å². The minimum Gasteiger partial charge on any atom is -0.330 e. The molecule has 3 aromatic rings. The molecule has 0 saturated carbocycles. The van der Waals surface area contributed by atoms with Crippen LogP contribution in [0.4, 0.5) is 0 Å². The Morgan fingerprint density at radius 3 is 2.86 bits per heavy atom. The van der Waals surface area contributed by atoms with Crippen LogP contribution in [0.25, 0.3) is 0 Å². The molecular weight excluding hydrogens is 402 g/mol. The molecule has 4 heterocycles. The number of aromatic nitrogens is 1. The number of amides is 1. The fourth-order valence-electron chi connectivity index (χ4n) is 4.13. The third-order valence-corrected chi connectivity index (χ3v) is 7.53. The standard InChI is InChI=1S/C22H21N3O2S2/c1-13-15(14(2)24-22(27)17(13)12-23)5-6-20(26)25-9-7-18-16(8-11-29-18)21(25)19-4-3-10-28-19/h3-4,8,10-11,21H,5-7,9H2,1-2H3,(H,24,27)/t21-/m0/s1. The number of rotatable bonds is 4. The second-order valence-electron chi connectivity index (χ2n) is 7.22. The van der Waals surface area contributed by atoms with Crippen LogP contribution in [0.15, 0.2) is 33.8 Å². The molecule has 1 aliphatic heterocycles. The summed E-state index contributed by atoms with van der Waals surface area (Å²) in [5.41, 5.74) is 3.30. The largest absolute Gasteiger partial charge is 0.330 e. The van der Waals surface area contributed by atoms with E-state index in [4.69, 9.17) is 0 Å². The number of nitrogens with one attached hydrogen (secondary N) is 1. The summed E-state index contributed by atoms with van der Waals surface area (Å²) in [6.45, 7) is 4.32. The van der Waals surface area contributed by atoms with E-state index in [0.717, 1.165) is 17.7 Å². The van der Waals surface area contributed by atoms with Crippen LogP contribution in [-0.4, -0.2) is 22.3 Å². The summed E-state index contributed by atoms with van der Waals surface area (Å²) >= 11 is 3.44. The number of H-pyrrole nitrogens is 1. The van der Waals surface area contributed by atoms with Gasteiger partial charge in [-0.2, -0.15) is 5.26 Å². The van der Waals surface area contributed by atoms with Crippen molar-refractivity contribution in [2.45, 2.75) is 39.2 Å². The topological polar surface area (TPSA) is 77.0 Å². The smallest absolute Gasteiger partial charge is 0.266 e. The molecule has 5 nitrogen and oxygen atoms in total. The Bertz CT molecular complexity index is 1150. The van der Waals surface area contributed by atoms with Gasteiger partial charge in [-0.15, -0.1) is 22.7 Å². The second kappa shape index (κ2) is 7.97. The van der Waals surface area contributed by atoms with Gasteiger partial charge in [-0.25, -0.2) is 0 Å². The molecule has 1 amide bonds. The van der Waals surface area contributed by atoms with E-state index in [0.29, 0.717) is 24.9 Å². The van der Waals surface area contributed by atoms with Crippen molar-refractivity contribution in [2.75, 3.05) is 6.54 Å². The molecule has 3 aromatic heterocycles. The summed E-state index contributed by atoms with van der Waals surface area (Å²) in [5.74, 6) is 0.101. The number of nitriles is 1. The molecule has 0 aliphatic carbocycles. The maximum atomic E-state index is 13.2. The van der Waals surface area contributed by atoms with Crippen molar-refractivity contribution in [2.24, 2.45) is 0 Å². The van der Waals surface area contributed by atoms with Gasteiger partial charge in [-0.1, -0.05) is 6.07 Å². The first kappa shape index (κ1) is 19.6. The number of nitrogens with zero attached hydrogens (tertiary/aromatic N) is 2. The predicted octanol–water partition coefficient (Wildman–Crippen LogP) is 4.09. The third-order valence-electron chi connectivity index (χ3n) is 5.61. The van der Waals surface area contributed by atoms with Crippen LogP contribution < -0.4 is 5.56 Å². The number of fused-ring (bicyclic) bond motifs is 1. The molecule has 148 valence electrons. The summed E-state index contributed by atoms with van der Waals surface area (Å²) in [4.78, 5) is 32.5. The van der Waals surface area contributed by atoms with Crippen LogP contribution in [0, 0.1) is 25.2 Å². The number of aromatic amines is 1. The van der Waals surface area contributed by atoms with Gasteiger partial charge in [-0.05, 0) is 66.3 Å². The van der Waals surface area contributed by atoms with Gasteiger partial charge in [0.1, 0.15) is 11.6 Å². The van der Waals surface area contributed by atoms with E-state index >= 15 is 0 Å². The SMILES string of the molecule is Cc1[nH]c(=O)c(C#N)c(C)c1CCC(=O)N1CCc2sccc2[C@H]1c1cccs1. The highest BCUT2D eigenvalue weighted by Crippen LogP contribution is 2.39. The second-order valence-corrected chi connectivity index (χ2v) is 9.20. The molecule has 0 unspecified atom stereocenters. The normalized spacial score (nSPS) is 15.8. The number of carbonyl (C=O) groups is 1. The van der Waals surface area contributed by atoms with Gasteiger partial charge in [-0.3, -0.25) is 9.59 Å². The number of aryl methyl sites for hydroxylation is 1. The first-order chi connectivity index (χ1) is 14.0. The Morgan fingerprint density at radius 2 is 2.14 bits per heavy atom. The van der Waals surface area contributed by atoms with Crippen molar-refractivity contribution >= 4 is 28.6 Å². The van der Waals surface area contributed by atoms with E-state index in [1.165, 1.54) is 15.3 Å². The maximum Gasteiger partial charge on any atom is 0.266 e. The highest BCUT2D eigenvalue weighted by molar-refractivity contribution is 7.10. The highest BCUT2D eigenvalue weighted by Gasteiger charge is 2.33. The lowest BCUT2D eigenvalue weighted by atomic mass is 9.96. The molecule has 0 bridgehead atoms. The van der Waals surface area contributed by atoms with E-state index in [-0.39, 0.29) is 23.1 Å². The van der Waals surface area contributed by atoms with E-state index in [1.54, 1.807) is 29.6 Å². The van der Waals surface area contributed by atoms with Crippen molar-refractivity contribution in [1.82, 2.24) is 9.88 Å². The van der Waals surface area contributed by atoms with E-state index in [9.17, 15) is 14.9 Å². The molecule has 1 aliphatic rings. The average Bonchev–Trinajstić information content (AvgIpc) is 3.38. The molecule has 0 fully saturated rings. The Kier molecular flexibility index (Phi) is 5.39. The molecule has 0 saturated heterocycles. The first-order valence-corrected chi connectivity index (χ1v) is 11.3. The number of carbonyl (C=O) groups excluding carboxylic acids is 1. The van der Waals surface area contributed by atoms with Crippen molar-refractivity contribution in [1.29, 1.82) is 5.26 Å². The number of thiophene rings is 2. The van der Waals surface area contributed by atoms with Crippen molar-refractivity contribution in [3.63, 3.8) is 0 Å². The van der Waals surface area contributed by atoms with E-state index in [2.05, 4.69) is 27.9 Å². The average molecular weight is 424 g/mol. The molecule has 0 radical (unpaired) electrons. The summed E-state index contributed by atoms with van der Waals surface area (Å²) < 4.78 is 0. The van der Waals surface area contributed by atoms with Gasteiger partial charge in [0.25, 0.3) is 5.56 Å². The van der Waals surface area contributed by atoms with Crippen molar-refractivity contribution in [3.05, 3.63) is 77.0 Å². The van der Waals surface area contributed by atoms with Gasteiger partial charge < -0.3 is 9.88 Å². The zero-order valence-electron chi connectivity index (χ0n) is 16.3. The van der Waals surface area contributed by atoms with Crippen LogP contribution in [0.2, 0.25) is 0 Å². The Hall–Kier alpha value is -2.69. The Balaban J connectivity index is 1.59. The fourth-order valence-corrected chi connectivity index (χ4v) is 5.89. The molecule has 0 aromatic carbocycles. The molecule has 29 heavy (non-hydrogen) atoms. The highest BCUT2D eigenvalue weighted by atomic mass is 32.1. The minimum absolute atomic E-state index is 0.0232. The molecule has 7 heteroatoms. The first-order valence-electron chi connectivity index (χ1n) is 9.52.